The van der Waals surface area contributed by atoms with Crippen molar-refractivity contribution in [2.24, 2.45) is 0 Å². The van der Waals surface area contributed by atoms with Gasteiger partial charge in [0, 0.05) is 12.0 Å². The Hall–Kier alpha value is -2.88. The molecule has 0 radical (unpaired) electrons. The molecule has 9 heteroatoms. The second-order valence-corrected chi connectivity index (χ2v) is 5.98. The first-order valence-corrected chi connectivity index (χ1v) is 8.16. The van der Waals surface area contributed by atoms with Crippen LogP contribution < -0.4 is 5.32 Å². The molecule has 3 atom stereocenters. The monoisotopic (exact) mass is 355 g/mol. The van der Waals surface area contributed by atoms with Crippen LogP contribution in [0.15, 0.2) is 42.9 Å². The first-order chi connectivity index (χ1) is 12.7. The molecule has 1 fully saturated rings. The fourth-order valence-corrected chi connectivity index (χ4v) is 2.97. The predicted octanol–water partition coefficient (Wildman–Crippen LogP) is 0.719. The third-order valence-electron chi connectivity index (χ3n) is 4.32. The minimum atomic E-state index is -0.775. The van der Waals surface area contributed by atoms with Gasteiger partial charge in [-0.1, -0.05) is 18.2 Å². The summed E-state index contributed by atoms with van der Waals surface area (Å²) in [6.45, 7) is -0.274. The van der Waals surface area contributed by atoms with E-state index in [2.05, 4.69) is 20.4 Å². The zero-order chi connectivity index (χ0) is 18.1. The van der Waals surface area contributed by atoms with E-state index in [1.54, 1.807) is 24.3 Å². The summed E-state index contributed by atoms with van der Waals surface area (Å²) in [4.78, 5) is 20.7. The molecule has 0 saturated carbocycles. The number of aliphatic hydroxyl groups is 2. The van der Waals surface area contributed by atoms with E-state index in [9.17, 15) is 15.0 Å². The number of hydrogen-bond acceptors (Lipinski definition) is 7. The molecule has 0 bridgehead atoms. The van der Waals surface area contributed by atoms with Crippen LogP contribution in [0, 0.1) is 0 Å². The summed E-state index contributed by atoms with van der Waals surface area (Å²) in [5, 5.41) is 26.7. The van der Waals surface area contributed by atoms with Crippen molar-refractivity contribution in [1.29, 1.82) is 0 Å². The normalized spacial score (nSPS) is 22.6. The quantitative estimate of drug-likeness (QED) is 0.630. The van der Waals surface area contributed by atoms with Gasteiger partial charge in [0.2, 0.25) is 0 Å². The lowest BCUT2D eigenvalue weighted by molar-refractivity contribution is -0.0470. The van der Waals surface area contributed by atoms with Crippen molar-refractivity contribution in [3.63, 3.8) is 0 Å². The zero-order valence-corrected chi connectivity index (χ0v) is 13.7. The molecule has 1 unspecified atom stereocenters. The van der Waals surface area contributed by atoms with Crippen molar-refractivity contribution >= 4 is 22.8 Å². The van der Waals surface area contributed by atoms with Gasteiger partial charge < -0.3 is 20.3 Å². The molecule has 26 heavy (non-hydrogen) atoms. The summed E-state index contributed by atoms with van der Waals surface area (Å²) < 4.78 is 7.14. The number of rotatable bonds is 4. The number of ether oxygens (including phenoxy) is 1. The lowest BCUT2D eigenvalue weighted by atomic mass is 10.2. The number of carbonyl (C=O) groups excluding carboxylic acids is 1. The molecule has 0 aliphatic carbocycles. The Morgan fingerprint density at radius 3 is 2.85 bits per heavy atom. The average Bonchev–Trinajstić information content (AvgIpc) is 3.26. The Bertz CT molecular complexity index is 929. The molecule has 1 aliphatic heterocycles. The highest BCUT2D eigenvalue weighted by atomic mass is 16.5. The Morgan fingerprint density at radius 1 is 1.31 bits per heavy atom. The fourth-order valence-electron chi connectivity index (χ4n) is 2.97. The summed E-state index contributed by atoms with van der Waals surface area (Å²) >= 11 is 0. The molecule has 9 nitrogen and oxygen atoms in total. The summed E-state index contributed by atoms with van der Waals surface area (Å²) in [6, 6.07) is 8.81. The maximum Gasteiger partial charge on any atom is 0.256 e. The summed E-state index contributed by atoms with van der Waals surface area (Å²) in [5.74, 6) is 0.0542. The highest BCUT2D eigenvalue weighted by molar-refractivity contribution is 6.07. The highest BCUT2D eigenvalue weighted by Gasteiger charge is 2.35. The van der Waals surface area contributed by atoms with Crippen molar-refractivity contribution in [2.45, 2.75) is 24.9 Å². The molecule has 3 N–H and O–H groups in total. The number of amides is 1. The van der Waals surface area contributed by atoms with E-state index in [0.717, 1.165) is 0 Å². The standard InChI is InChI=1S/C17H17N5O4/c23-8-13-12(24)6-14(26-13)22-16-11(7-20-22)15(18-9-19-16)21-17(25)10-4-2-1-3-5-10/h1-5,7,9,12-14,23-24H,6,8H2,(H,18,19,21,25)/t12?,13-,14-/m1/s1. The largest absolute Gasteiger partial charge is 0.394 e. The SMILES string of the molecule is O=C(Nc1ncnc2c1cnn2[C@H]1CC(O)[C@@H](CO)O1)c1ccccc1. The number of benzene rings is 1. The molecule has 4 rings (SSSR count). The van der Waals surface area contributed by atoms with Gasteiger partial charge in [0.15, 0.2) is 11.9 Å². The van der Waals surface area contributed by atoms with Crippen LogP contribution in [0.4, 0.5) is 5.82 Å². The Kier molecular flexibility index (Phi) is 4.33. The van der Waals surface area contributed by atoms with Gasteiger partial charge in [-0.15, -0.1) is 0 Å². The van der Waals surface area contributed by atoms with E-state index in [-0.39, 0.29) is 18.9 Å². The minimum Gasteiger partial charge on any atom is -0.394 e. The lowest BCUT2D eigenvalue weighted by Crippen LogP contribution is -2.24. The first-order valence-electron chi connectivity index (χ1n) is 8.16. The van der Waals surface area contributed by atoms with Crippen molar-refractivity contribution in [3.8, 4) is 0 Å². The summed E-state index contributed by atoms with van der Waals surface area (Å²) in [7, 11) is 0. The average molecular weight is 355 g/mol. The van der Waals surface area contributed by atoms with Crippen LogP contribution in [0.1, 0.15) is 23.0 Å². The number of anilines is 1. The van der Waals surface area contributed by atoms with Crippen molar-refractivity contribution in [3.05, 3.63) is 48.4 Å². The number of nitrogens with zero attached hydrogens (tertiary/aromatic N) is 4. The Balaban J connectivity index is 1.63. The molecule has 1 aromatic carbocycles. The van der Waals surface area contributed by atoms with Crippen molar-refractivity contribution in [1.82, 2.24) is 19.7 Å². The van der Waals surface area contributed by atoms with E-state index in [0.29, 0.717) is 22.4 Å². The van der Waals surface area contributed by atoms with Crippen LogP contribution in [0.25, 0.3) is 11.0 Å². The second-order valence-electron chi connectivity index (χ2n) is 5.98. The topological polar surface area (TPSA) is 122 Å². The van der Waals surface area contributed by atoms with Gasteiger partial charge in [0.25, 0.3) is 5.91 Å². The molecule has 3 aromatic rings. The van der Waals surface area contributed by atoms with Gasteiger partial charge in [0.05, 0.1) is 24.3 Å². The Morgan fingerprint density at radius 2 is 2.12 bits per heavy atom. The number of fused-ring (bicyclic) bond motifs is 1. The van der Waals surface area contributed by atoms with Gasteiger partial charge in [0.1, 0.15) is 18.2 Å². The molecule has 1 aliphatic rings. The van der Waals surface area contributed by atoms with Gasteiger partial charge in [-0.25, -0.2) is 14.6 Å². The molecule has 1 amide bonds. The Labute approximate surface area is 148 Å². The third kappa shape index (κ3) is 2.92. The van der Waals surface area contributed by atoms with E-state index in [1.165, 1.54) is 17.2 Å². The van der Waals surface area contributed by atoms with Crippen molar-refractivity contribution < 1.29 is 19.7 Å². The lowest BCUT2D eigenvalue weighted by Gasteiger charge is -2.13. The van der Waals surface area contributed by atoms with Gasteiger partial charge in [-0.05, 0) is 12.1 Å². The van der Waals surface area contributed by atoms with Crippen LogP contribution in [0.3, 0.4) is 0 Å². The minimum absolute atomic E-state index is 0.274. The predicted molar refractivity (Wildman–Crippen MR) is 91.3 cm³/mol. The van der Waals surface area contributed by atoms with Crippen LogP contribution in [0.2, 0.25) is 0 Å². The van der Waals surface area contributed by atoms with Crippen molar-refractivity contribution in [2.75, 3.05) is 11.9 Å². The fraction of sp³-hybridized carbons (Fsp3) is 0.294. The van der Waals surface area contributed by atoms with E-state index >= 15 is 0 Å². The van der Waals surface area contributed by atoms with Crippen LogP contribution in [-0.4, -0.2) is 54.7 Å². The zero-order valence-electron chi connectivity index (χ0n) is 13.7. The van der Waals surface area contributed by atoms with E-state index in [1.807, 2.05) is 6.07 Å². The first kappa shape index (κ1) is 16.6. The van der Waals surface area contributed by atoms with Crippen LogP contribution in [-0.2, 0) is 4.74 Å². The molecule has 0 spiro atoms. The molecule has 3 heterocycles. The molecular weight excluding hydrogens is 338 g/mol. The van der Waals surface area contributed by atoms with Crippen LogP contribution >= 0.6 is 0 Å². The maximum atomic E-state index is 12.4. The number of aliphatic hydroxyl groups excluding tert-OH is 2. The smallest absolute Gasteiger partial charge is 0.256 e. The van der Waals surface area contributed by atoms with Crippen LogP contribution in [0.5, 0.6) is 0 Å². The summed E-state index contributed by atoms with van der Waals surface area (Å²) in [5.41, 5.74) is 0.985. The molecule has 1 saturated heterocycles. The maximum absolute atomic E-state index is 12.4. The third-order valence-corrected chi connectivity index (χ3v) is 4.32. The molecular formula is C17H17N5O4. The number of hydrogen-bond donors (Lipinski definition) is 3. The van der Waals surface area contributed by atoms with E-state index in [4.69, 9.17) is 4.74 Å². The second kappa shape index (κ2) is 6.79. The molecule has 2 aromatic heterocycles. The van der Waals surface area contributed by atoms with E-state index < -0.39 is 18.4 Å². The number of aromatic nitrogens is 4. The summed E-state index contributed by atoms with van der Waals surface area (Å²) in [6.07, 6.45) is 1.18. The van der Waals surface area contributed by atoms with Gasteiger partial charge in [-0.2, -0.15) is 5.10 Å². The highest BCUT2D eigenvalue weighted by Crippen LogP contribution is 2.31. The number of carbonyl (C=O) groups is 1. The van der Waals surface area contributed by atoms with Gasteiger partial charge in [-0.3, -0.25) is 4.79 Å². The van der Waals surface area contributed by atoms with Gasteiger partial charge >= 0.3 is 0 Å². The number of nitrogens with one attached hydrogen (secondary N) is 1. The molecule has 134 valence electrons.